The summed E-state index contributed by atoms with van der Waals surface area (Å²) in [6, 6.07) is 11.8. The minimum Gasteiger partial charge on any atom is -0.326 e. The molecule has 0 saturated carbocycles. The fraction of sp³-hybridized carbons (Fsp3) is 0.0526. The van der Waals surface area contributed by atoms with Crippen molar-refractivity contribution >= 4 is 33.6 Å². The maximum Gasteiger partial charge on any atom is 0.271 e. The first-order valence-corrected chi connectivity index (χ1v) is 9.13. The summed E-state index contributed by atoms with van der Waals surface area (Å²) in [4.78, 5) is 27.9. The Morgan fingerprint density at radius 3 is 2.79 bits per heavy atom. The molecule has 0 radical (unpaired) electrons. The number of carbonyl (C=O) groups is 1. The minimum atomic E-state index is -0.513. The molecule has 0 unspecified atom stereocenters. The zero-order chi connectivity index (χ0) is 19.7. The van der Waals surface area contributed by atoms with Crippen LogP contribution in [0, 0.1) is 15.9 Å². The molecule has 9 heteroatoms. The highest BCUT2D eigenvalue weighted by Gasteiger charge is 2.14. The number of carbonyl (C=O) groups excluding carboxylic acids is 1. The van der Waals surface area contributed by atoms with E-state index in [4.69, 9.17) is 0 Å². The van der Waals surface area contributed by atoms with Crippen LogP contribution in [0.1, 0.15) is 5.69 Å². The number of nitrogens with one attached hydrogen (secondary N) is 1. The Bertz CT molecular complexity index is 1180. The molecule has 4 rings (SSSR count). The van der Waals surface area contributed by atoms with Crippen LogP contribution in [-0.2, 0) is 11.2 Å². The van der Waals surface area contributed by atoms with Crippen molar-refractivity contribution in [2.75, 3.05) is 5.32 Å². The zero-order valence-corrected chi connectivity index (χ0v) is 15.1. The number of halogens is 1. The number of nitro benzene ring substituents is 1. The largest absolute Gasteiger partial charge is 0.326 e. The van der Waals surface area contributed by atoms with Crippen molar-refractivity contribution in [3.8, 4) is 11.3 Å². The SMILES string of the molecule is O=C(Cc1csc2nc(-c3ccc(F)cc3)cn12)Nc1cccc([N+](=O)[O-])c1. The molecule has 2 aromatic carbocycles. The van der Waals surface area contributed by atoms with Crippen molar-refractivity contribution in [3.05, 3.63) is 81.7 Å². The highest BCUT2D eigenvalue weighted by Crippen LogP contribution is 2.24. The van der Waals surface area contributed by atoms with Gasteiger partial charge in [-0.05, 0) is 30.3 Å². The number of nitrogens with zero attached hydrogens (tertiary/aromatic N) is 3. The standard InChI is InChI=1S/C19H13FN4O3S/c20-13-6-4-12(5-7-13)17-10-23-16(11-28-19(23)22-17)9-18(25)21-14-2-1-3-15(8-14)24(26)27/h1-8,10-11H,9H2,(H,21,25). The van der Waals surface area contributed by atoms with Gasteiger partial charge in [0.2, 0.25) is 5.91 Å². The Morgan fingerprint density at radius 2 is 2.04 bits per heavy atom. The third-order valence-corrected chi connectivity index (χ3v) is 4.99. The van der Waals surface area contributed by atoms with Gasteiger partial charge in [0.25, 0.3) is 5.69 Å². The highest BCUT2D eigenvalue weighted by molar-refractivity contribution is 7.15. The summed E-state index contributed by atoms with van der Waals surface area (Å²) in [5.41, 5.74) is 2.48. The molecule has 0 saturated heterocycles. The lowest BCUT2D eigenvalue weighted by Gasteiger charge is -2.04. The van der Waals surface area contributed by atoms with Crippen LogP contribution in [-0.4, -0.2) is 20.2 Å². The summed E-state index contributed by atoms with van der Waals surface area (Å²) >= 11 is 1.40. The van der Waals surface area contributed by atoms with Gasteiger partial charge in [0.05, 0.1) is 17.0 Å². The molecule has 0 bridgehead atoms. The predicted octanol–water partition coefficient (Wildman–Crippen LogP) is 4.29. The van der Waals surface area contributed by atoms with Crippen molar-refractivity contribution < 1.29 is 14.1 Å². The summed E-state index contributed by atoms with van der Waals surface area (Å²) in [6.45, 7) is 0. The lowest BCUT2D eigenvalue weighted by Crippen LogP contribution is -2.15. The van der Waals surface area contributed by atoms with E-state index in [0.717, 1.165) is 16.2 Å². The number of rotatable bonds is 5. The number of benzene rings is 2. The molecule has 0 aliphatic rings. The normalized spacial score (nSPS) is 10.9. The first kappa shape index (κ1) is 17.8. The van der Waals surface area contributed by atoms with Crippen molar-refractivity contribution in [3.63, 3.8) is 0 Å². The number of aromatic nitrogens is 2. The maximum absolute atomic E-state index is 13.1. The van der Waals surface area contributed by atoms with E-state index in [1.54, 1.807) is 24.4 Å². The van der Waals surface area contributed by atoms with Gasteiger partial charge in [-0.2, -0.15) is 0 Å². The number of fused-ring (bicyclic) bond motifs is 1. The molecule has 0 spiro atoms. The second kappa shape index (κ2) is 7.20. The molecule has 28 heavy (non-hydrogen) atoms. The molecule has 1 amide bonds. The monoisotopic (exact) mass is 396 g/mol. The van der Waals surface area contributed by atoms with Gasteiger partial charge in [-0.25, -0.2) is 9.37 Å². The predicted molar refractivity (Wildman–Crippen MR) is 104 cm³/mol. The van der Waals surface area contributed by atoms with Crippen LogP contribution < -0.4 is 5.32 Å². The van der Waals surface area contributed by atoms with Crippen LogP contribution in [0.15, 0.2) is 60.1 Å². The van der Waals surface area contributed by atoms with E-state index in [2.05, 4.69) is 10.3 Å². The minimum absolute atomic E-state index is 0.0852. The van der Waals surface area contributed by atoms with Gasteiger partial charge in [0.1, 0.15) is 5.82 Å². The van der Waals surface area contributed by atoms with Gasteiger partial charge in [-0.1, -0.05) is 6.07 Å². The first-order valence-electron chi connectivity index (χ1n) is 8.25. The molecule has 0 atom stereocenters. The van der Waals surface area contributed by atoms with Gasteiger partial charge in [-0.15, -0.1) is 11.3 Å². The fourth-order valence-electron chi connectivity index (χ4n) is 2.78. The van der Waals surface area contributed by atoms with Crippen LogP contribution in [0.2, 0.25) is 0 Å². The molecule has 2 heterocycles. The lowest BCUT2D eigenvalue weighted by molar-refractivity contribution is -0.384. The molecular formula is C19H13FN4O3S. The first-order chi connectivity index (χ1) is 13.5. The third kappa shape index (κ3) is 3.60. The van der Waals surface area contributed by atoms with E-state index < -0.39 is 4.92 Å². The van der Waals surface area contributed by atoms with Crippen molar-refractivity contribution in [1.82, 2.24) is 9.38 Å². The Labute approximate surface area is 162 Å². The topological polar surface area (TPSA) is 89.5 Å². The van der Waals surface area contributed by atoms with Gasteiger partial charge in [-0.3, -0.25) is 19.3 Å². The average Bonchev–Trinajstić information content (AvgIpc) is 3.24. The Morgan fingerprint density at radius 1 is 1.25 bits per heavy atom. The Kier molecular flexibility index (Phi) is 4.58. The zero-order valence-electron chi connectivity index (χ0n) is 14.3. The van der Waals surface area contributed by atoms with Crippen LogP contribution in [0.5, 0.6) is 0 Å². The highest BCUT2D eigenvalue weighted by atomic mass is 32.1. The van der Waals surface area contributed by atoms with Crippen LogP contribution in [0.25, 0.3) is 16.2 Å². The van der Waals surface area contributed by atoms with E-state index in [9.17, 15) is 19.3 Å². The van der Waals surface area contributed by atoms with E-state index in [0.29, 0.717) is 11.4 Å². The number of non-ortho nitro benzene ring substituents is 1. The number of imidazole rings is 1. The third-order valence-electron chi connectivity index (χ3n) is 4.11. The molecule has 1 N–H and O–H groups in total. The molecule has 140 valence electrons. The average molecular weight is 396 g/mol. The van der Waals surface area contributed by atoms with Gasteiger partial charge in [0.15, 0.2) is 4.96 Å². The van der Waals surface area contributed by atoms with E-state index in [-0.39, 0.29) is 23.8 Å². The fourth-order valence-corrected chi connectivity index (χ4v) is 3.66. The van der Waals surface area contributed by atoms with E-state index in [1.807, 2.05) is 9.78 Å². The molecule has 0 aliphatic heterocycles. The number of amides is 1. The van der Waals surface area contributed by atoms with E-state index in [1.165, 1.54) is 41.7 Å². The number of nitro groups is 1. The number of hydrogen-bond donors (Lipinski definition) is 1. The number of hydrogen-bond acceptors (Lipinski definition) is 5. The Balaban J connectivity index is 1.53. The van der Waals surface area contributed by atoms with Crippen molar-refractivity contribution in [2.24, 2.45) is 0 Å². The summed E-state index contributed by atoms with van der Waals surface area (Å²) in [5.74, 6) is -0.611. The maximum atomic E-state index is 13.1. The van der Waals surface area contributed by atoms with Crippen LogP contribution >= 0.6 is 11.3 Å². The van der Waals surface area contributed by atoms with Crippen molar-refractivity contribution in [2.45, 2.75) is 6.42 Å². The summed E-state index contributed by atoms with van der Waals surface area (Å²) in [5, 5.41) is 15.4. The molecule has 2 aromatic heterocycles. The van der Waals surface area contributed by atoms with Gasteiger partial charge >= 0.3 is 0 Å². The molecule has 7 nitrogen and oxygen atoms in total. The number of anilines is 1. The molecular weight excluding hydrogens is 383 g/mol. The second-order valence-corrected chi connectivity index (χ2v) is 6.88. The summed E-state index contributed by atoms with van der Waals surface area (Å²) in [6.07, 6.45) is 1.89. The Hall–Kier alpha value is -3.59. The van der Waals surface area contributed by atoms with Crippen LogP contribution in [0.4, 0.5) is 15.8 Å². The lowest BCUT2D eigenvalue weighted by atomic mass is 10.2. The van der Waals surface area contributed by atoms with Gasteiger partial charge in [0, 0.05) is 40.7 Å². The quantitative estimate of drug-likeness (QED) is 0.402. The van der Waals surface area contributed by atoms with Crippen molar-refractivity contribution in [1.29, 1.82) is 0 Å². The number of thiazole rings is 1. The van der Waals surface area contributed by atoms with Gasteiger partial charge < -0.3 is 5.32 Å². The second-order valence-electron chi connectivity index (χ2n) is 6.05. The molecule has 0 aliphatic carbocycles. The molecule has 4 aromatic rings. The molecule has 0 fully saturated rings. The summed E-state index contributed by atoms with van der Waals surface area (Å²) < 4.78 is 14.9. The summed E-state index contributed by atoms with van der Waals surface area (Å²) in [7, 11) is 0. The van der Waals surface area contributed by atoms with E-state index >= 15 is 0 Å². The van der Waals surface area contributed by atoms with Crippen LogP contribution in [0.3, 0.4) is 0 Å². The smallest absolute Gasteiger partial charge is 0.271 e.